The zero-order valence-corrected chi connectivity index (χ0v) is 11.1. The third-order valence-electron chi connectivity index (χ3n) is 3.37. The topological polar surface area (TPSA) is 37.8 Å². The van der Waals surface area contributed by atoms with Crippen LogP contribution in [0.4, 0.5) is 17.6 Å². The Balaban J connectivity index is 2.18. The van der Waals surface area contributed by atoms with Gasteiger partial charge in [-0.1, -0.05) is 0 Å². The number of nitrogens with one attached hydrogen (secondary N) is 1. The largest absolute Gasteiger partial charge is 0.433 e. The van der Waals surface area contributed by atoms with E-state index >= 15 is 0 Å². The summed E-state index contributed by atoms with van der Waals surface area (Å²) in [5, 5.41) is 2.84. The second-order valence-corrected chi connectivity index (χ2v) is 4.89. The average Bonchev–Trinajstić information content (AvgIpc) is 2.87. The number of alkyl halides is 3. The van der Waals surface area contributed by atoms with Crippen LogP contribution in [0.2, 0.25) is 0 Å². The molecular weight excluding hydrogens is 286 g/mol. The first-order valence-corrected chi connectivity index (χ1v) is 6.30. The van der Waals surface area contributed by atoms with E-state index in [4.69, 9.17) is 0 Å². The molecule has 0 aliphatic carbocycles. The molecule has 7 heteroatoms. The quantitative estimate of drug-likeness (QED) is 0.821. The minimum Gasteiger partial charge on any atom is -0.307 e. The summed E-state index contributed by atoms with van der Waals surface area (Å²) in [5.41, 5.74) is 0.214. The maximum atomic E-state index is 13.3. The summed E-state index contributed by atoms with van der Waals surface area (Å²) >= 11 is 0. The lowest BCUT2D eigenvalue weighted by Crippen LogP contribution is -2.14. The van der Waals surface area contributed by atoms with Crippen LogP contribution in [0.3, 0.4) is 0 Å². The van der Waals surface area contributed by atoms with Gasteiger partial charge in [-0.2, -0.15) is 13.2 Å². The Morgan fingerprint density at radius 2 is 1.90 bits per heavy atom. The second-order valence-electron chi connectivity index (χ2n) is 4.89. The fraction of sp³-hybridized carbons (Fsp3) is 0.286. The summed E-state index contributed by atoms with van der Waals surface area (Å²) in [6.07, 6.45) is -4.54. The molecule has 2 aromatic rings. The van der Waals surface area contributed by atoms with E-state index in [1.165, 1.54) is 18.2 Å². The molecule has 1 aliphatic heterocycles. The van der Waals surface area contributed by atoms with E-state index in [2.05, 4.69) is 15.3 Å². The number of nitrogens with zero attached hydrogens (tertiary/aromatic N) is 2. The molecule has 1 aliphatic rings. The molecule has 3 rings (SSSR count). The van der Waals surface area contributed by atoms with Crippen LogP contribution in [0, 0.1) is 12.7 Å². The molecule has 0 unspecified atom stereocenters. The van der Waals surface area contributed by atoms with Crippen LogP contribution in [0.15, 0.2) is 18.2 Å². The fourth-order valence-electron chi connectivity index (χ4n) is 2.32. The van der Waals surface area contributed by atoms with E-state index in [1.54, 1.807) is 6.92 Å². The summed E-state index contributed by atoms with van der Waals surface area (Å²) in [6, 6.07) is 4.03. The Hall–Kier alpha value is -2.02. The fourth-order valence-corrected chi connectivity index (χ4v) is 2.32. The van der Waals surface area contributed by atoms with E-state index in [9.17, 15) is 17.6 Å². The SMILES string of the molecule is Cc1cc(-c2nc3c(c(C(F)(F)F)n2)CNC3)ccc1F. The van der Waals surface area contributed by atoms with E-state index < -0.39 is 17.7 Å². The molecule has 0 saturated carbocycles. The second kappa shape index (κ2) is 4.77. The Bertz CT molecular complexity index is 710. The number of fused-ring (bicyclic) bond motifs is 1. The van der Waals surface area contributed by atoms with Gasteiger partial charge in [0, 0.05) is 24.2 Å². The summed E-state index contributed by atoms with van der Waals surface area (Å²) < 4.78 is 52.6. The van der Waals surface area contributed by atoms with Gasteiger partial charge in [0.05, 0.1) is 5.69 Å². The molecule has 0 fully saturated rings. The van der Waals surface area contributed by atoms with Crippen molar-refractivity contribution in [2.24, 2.45) is 0 Å². The van der Waals surface area contributed by atoms with Crippen LogP contribution < -0.4 is 5.32 Å². The van der Waals surface area contributed by atoms with Crippen molar-refractivity contribution in [2.45, 2.75) is 26.2 Å². The summed E-state index contributed by atoms with van der Waals surface area (Å²) in [7, 11) is 0. The maximum Gasteiger partial charge on any atom is 0.433 e. The normalized spacial score (nSPS) is 14.3. The van der Waals surface area contributed by atoms with Crippen molar-refractivity contribution in [3.63, 3.8) is 0 Å². The molecule has 110 valence electrons. The van der Waals surface area contributed by atoms with Gasteiger partial charge >= 0.3 is 6.18 Å². The molecule has 1 aromatic carbocycles. The molecule has 1 N–H and O–H groups in total. The first kappa shape index (κ1) is 13.9. The van der Waals surface area contributed by atoms with Crippen molar-refractivity contribution in [3.8, 4) is 11.4 Å². The third-order valence-corrected chi connectivity index (χ3v) is 3.37. The first-order valence-electron chi connectivity index (χ1n) is 6.30. The van der Waals surface area contributed by atoms with Crippen molar-refractivity contribution in [3.05, 3.63) is 46.5 Å². The Labute approximate surface area is 118 Å². The molecule has 0 amide bonds. The molecule has 0 radical (unpaired) electrons. The minimum absolute atomic E-state index is 0.0344. The van der Waals surface area contributed by atoms with Gasteiger partial charge in [-0.15, -0.1) is 0 Å². The van der Waals surface area contributed by atoms with Crippen molar-refractivity contribution in [1.82, 2.24) is 15.3 Å². The predicted molar refractivity (Wildman–Crippen MR) is 67.7 cm³/mol. The standard InChI is InChI=1S/C14H11F4N3/c1-7-4-8(2-3-10(7)15)13-20-11-6-19-5-9(11)12(21-13)14(16,17)18/h2-4,19H,5-6H2,1H3. The van der Waals surface area contributed by atoms with Crippen LogP contribution in [0.1, 0.15) is 22.5 Å². The minimum atomic E-state index is -4.54. The zero-order chi connectivity index (χ0) is 15.2. The number of rotatable bonds is 1. The van der Waals surface area contributed by atoms with Gasteiger partial charge in [0.2, 0.25) is 0 Å². The number of hydrogen-bond donors (Lipinski definition) is 1. The molecule has 0 spiro atoms. The van der Waals surface area contributed by atoms with Crippen molar-refractivity contribution in [2.75, 3.05) is 0 Å². The highest BCUT2D eigenvalue weighted by molar-refractivity contribution is 5.57. The van der Waals surface area contributed by atoms with E-state index in [-0.39, 0.29) is 24.5 Å². The lowest BCUT2D eigenvalue weighted by Gasteiger charge is -2.12. The van der Waals surface area contributed by atoms with Gasteiger partial charge in [-0.05, 0) is 30.7 Å². The maximum absolute atomic E-state index is 13.3. The van der Waals surface area contributed by atoms with Gasteiger partial charge in [0.25, 0.3) is 0 Å². The van der Waals surface area contributed by atoms with Gasteiger partial charge in [-0.3, -0.25) is 0 Å². The molecule has 3 nitrogen and oxygen atoms in total. The number of halogens is 4. The molecule has 1 aromatic heterocycles. The van der Waals surface area contributed by atoms with E-state index in [1.807, 2.05) is 0 Å². The highest BCUT2D eigenvalue weighted by atomic mass is 19.4. The van der Waals surface area contributed by atoms with Gasteiger partial charge in [0.1, 0.15) is 5.82 Å². The highest BCUT2D eigenvalue weighted by Crippen LogP contribution is 2.34. The molecular formula is C14H11F4N3. The lowest BCUT2D eigenvalue weighted by atomic mass is 10.1. The first-order chi connectivity index (χ1) is 9.86. The summed E-state index contributed by atoms with van der Waals surface area (Å²) in [4.78, 5) is 7.83. The zero-order valence-electron chi connectivity index (χ0n) is 11.1. The molecule has 0 bridgehead atoms. The van der Waals surface area contributed by atoms with Crippen LogP contribution in [0.5, 0.6) is 0 Å². The highest BCUT2D eigenvalue weighted by Gasteiger charge is 2.38. The third kappa shape index (κ3) is 2.49. The van der Waals surface area contributed by atoms with Crippen molar-refractivity contribution < 1.29 is 17.6 Å². The Kier molecular flexibility index (Phi) is 3.16. The number of aryl methyl sites for hydroxylation is 1. The van der Waals surface area contributed by atoms with Crippen LogP contribution >= 0.6 is 0 Å². The van der Waals surface area contributed by atoms with Crippen LogP contribution in [-0.2, 0) is 19.3 Å². The Morgan fingerprint density at radius 1 is 1.14 bits per heavy atom. The van der Waals surface area contributed by atoms with Gasteiger partial charge in [0.15, 0.2) is 11.5 Å². The van der Waals surface area contributed by atoms with Crippen LogP contribution in [0.25, 0.3) is 11.4 Å². The van der Waals surface area contributed by atoms with Crippen molar-refractivity contribution in [1.29, 1.82) is 0 Å². The van der Waals surface area contributed by atoms with E-state index in [0.29, 0.717) is 16.8 Å². The van der Waals surface area contributed by atoms with Gasteiger partial charge in [-0.25, -0.2) is 14.4 Å². The average molecular weight is 297 g/mol. The Morgan fingerprint density at radius 3 is 2.57 bits per heavy atom. The van der Waals surface area contributed by atoms with Crippen LogP contribution in [-0.4, -0.2) is 9.97 Å². The number of benzene rings is 1. The molecule has 0 saturated heterocycles. The summed E-state index contributed by atoms with van der Waals surface area (Å²) in [6.45, 7) is 1.92. The molecule has 2 heterocycles. The monoisotopic (exact) mass is 297 g/mol. The van der Waals surface area contributed by atoms with Gasteiger partial charge < -0.3 is 5.32 Å². The molecule has 21 heavy (non-hydrogen) atoms. The number of aromatic nitrogens is 2. The lowest BCUT2D eigenvalue weighted by molar-refractivity contribution is -0.141. The smallest absolute Gasteiger partial charge is 0.307 e. The predicted octanol–water partition coefficient (Wildman–Crippen LogP) is 3.21. The number of hydrogen-bond acceptors (Lipinski definition) is 3. The van der Waals surface area contributed by atoms with E-state index in [0.717, 1.165) is 0 Å². The van der Waals surface area contributed by atoms with Crippen molar-refractivity contribution >= 4 is 0 Å². The molecule has 0 atom stereocenters. The summed E-state index contributed by atoms with van der Waals surface area (Å²) in [5.74, 6) is -0.453.